The Hall–Kier alpha value is -0.800. The Morgan fingerprint density at radius 3 is 1.70 bits per heavy atom. The van der Waals surface area contributed by atoms with Crippen molar-refractivity contribution in [3.63, 3.8) is 0 Å². The van der Waals surface area contributed by atoms with Gasteiger partial charge in [0.15, 0.2) is 13.2 Å². The zero-order valence-electron chi connectivity index (χ0n) is 10.1. The molecule has 0 N–H and O–H groups in total. The van der Waals surface area contributed by atoms with Gasteiger partial charge in [0.2, 0.25) is 0 Å². The van der Waals surface area contributed by atoms with Crippen LogP contribution in [0.3, 0.4) is 0 Å². The Morgan fingerprint density at radius 2 is 1.40 bits per heavy atom. The second-order valence-electron chi connectivity index (χ2n) is 3.35. The molecule has 20 heavy (non-hydrogen) atoms. The molecule has 0 aromatic carbocycles. The summed E-state index contributed by atoms with van der Waals surface area (Å²) in [5.41, 5.74) is 0. The van der Waals surface area contributed by atoms with Gasteiger partial charge in [0.25, 0.3) is 0 Å². The summed E-state index contributed by atoms with van der Waals surface area (Å²) in [6.07, 6.45) is -11.2. The molecule has 0 amide bonds. The molecule has 0 heterocycles. The van der Waals surface area contributed by atoms with E-state index in [9.17, 15) is 35.7 Å². The van der Waals surface area contributed by atoms with Crippen LogP contribution in [0.15, 0.2) is 0 Å². The molecule has 0 aliphatic rings. The lowest BCUT2D eigenvalue weighted by atomic mass is 10.7. The van der Waals surface area contributed by atoms with Gasteiger partial charge >= 0.3 is 25.9 Å². The van der Waals surface area contributed by atoms with E-state index in [2.05, 4.69) is 13.8 Å². The molecule has 5 nitrogen and oxygen atoms in total. The number of esters is 1. The summed E-state index contributed by atoms with van der Waals surface area (Å²) < 4.78 is 95.0. The molecular weight excluding hydrogens is 321 g/mol. The Balaban J connectivity index is 4.75. The van der Waals surface area contributed by atoms with Gasteiger partial charge in [0, 0.05) is 0 Å². The highest BCUT2D eigenvalue weighted by Crippen LogP contribution is 2.50. The summed E-state index contributed by atoms with van der Waals surface area (Å²) in [6.45, 7) is -3.07. The van der Waals surface area contributed by atoms with Gasteiger partial charge in [0.05, 0.1) is 6.61 Å². The van der Waals surface area contributed by atoms with Crippen molar-refractivity contribution in [2.75, 3.05) is 26.0 Å². The van der Waals surface area contributed by atoms with Crippen LogP contribution in [0.4, 0.5) is 26.3 Å². The van der Waals surface area contributed by atoms with Crippen molar-refractivity contribution >= 4 is 13.6 Å². The smallest absolute Gasteiger partial charge is 0.412 e. The fraction of sp³-hybridized carbons (Fsp3) is 0.875. The van der Waals surface area contributed by atoms with Crippen molar-refractivity contribution in [2.24, 2.45) is 0 Å². The highest BCUT2D eigenvalue weighted by atomic mass is 31.2. The molecule has 0 atom stereocenters. The van der Waals surface area contributed by atoms with Crippen molar-refractivity contribution < 1.29 is 49.5 Å². The van der Waals surface area contributed by atoms with E-state index < -0.39 is 45.3 Å². The summed E-state index contributed by atoms with van der Waals surface area (Å²) in [5, 5.41) is 0. The normalized spacial score (nSPS) is 13.3. The fourth-order valence-corrected chi connectivity index (χ4v) is 2.19. The van der Waals surface area contributed by atoms with Crippen LogP contribution >= 0.6 is 7.60 Å². The lowest BCUT2D eigenvalue weighted by Gasteiger charge is -2.19. The standard InChI is InChI=1S/C8H11F6O5P/c1-2-17-6(15)3-20(16,18-4-7(9,10)11)19-5-8(12,13)14/h2-5H2,1H3. The molecule has 0 aliphatic heterocycles. The zero-order chi connectivity index (χ0) is 16.0. The molecule has 0 aromatic rings. The van der Waals surface area contributed by atoms with E-state index in [1.54, 1.807) is 0 Å². The SMILES string of the molecule is CCOC(=O)CP(=O)(OCC(F)(F)F)OCC(F)(F)F. The van der Waals surface area contributed by atoms with Gasteiger partial charge in [-0.2, -0.15) is 26.3 Å². The number of ether oxygens (including phenoxy) is 1. The van der Waals surface area contributed by atoms with Gasteiger partial charge in [-0.25, -0.2) is 0 Å². The lowest BCUT2D eigenvalue weighted by Crippen LogP contribution is -2.23. The topological polar surface area (TPSA) is 61.8 Å². The third kappa shape index (κ3) is 10.0. The summed E-state index contributed by atoms with van der Waals surface area (Å²) in [6, 6.07) is 0. The highest BCUT2D eigenvalue weighted by molar-refractivity contribution is 7.54. The number of rotatable bonds is 7. The Morgan fingerprint density at radius 1 is 1.00 bits per heavy atom. The maximum atomic E-state index is 11.9. The van der Waals surface area contributed by atoms with Crippen LogP contribution in [0.25, 0.3) is 0 Å². The van der Waals surface area contributed by atoms with E-state index in [1.165, 1.54) is 6.92 Å². The van der Waals surface area contributed by atoms with E-state index >= 15 is 0 Å². The molecule has 0 bridgehead atoms. The minimum Gasteiger partial charge on any atom is -0.466 e. The Bertz CT molecular complexity index is 343. The summed E-state index contributed by atoms with van der Waals surface area (Å²) in [7, 11) is -4.91. The third-order valence-corrected chi connectivity index (χ3v) is 3.17. The van der Waals surface area contributed by atoms with Crippen molar-refractivity contribution in [3.05, 3.63) is 0 Å². The molecular formula is C8H11F6O5P. The number of alkyl halides is 6. The number of carbonyl (C=O) groups is 1. The molecule has 0 aromatic heterocycles. The number of carbonyl (C=O) groups excluding carboxylic acids is 1. The van der Waals surface area contributed by atoms with Gasteiger partial charge in [-0.15, -0.1) is 0 Å². The minimum atomic E-state index is -4.94. The van der Waals surface area contributed by atoms with Crippen molar-refractivity contribution in [1.82, 2.24) is 0 Å². The Labute approximate surface area is 109 Å². The first-order valence-corrected chi connectivity index (χ1v) is 6.77. The Kier molecular flexibility index (Phi) is 6.99. The van der Waals surface area contributed by atoms with E-state index in [1.807, 2.05) is 0 Å². The van der Waals surface area contributed by atoms with Gasteiger partial charge in [-0.1, -0.05) is 0 Å². The van der Waals surface area contributed by atoms with Gasteiger partial charge in [-0.05, 0) is 6.92 Å². The highest BCUT2D eigenvalue weighted by Gasteiger charge is 2.40. The predicted octanol–water partition coefficient (Wildman–Crippen LogP) is 2.90. The lowest BCUT2D eigenvalue weighted by molar-refractivity contribution is -0.166. The average molecular weight is 332 g/mol. The second-order valence-corrected chi connectivity index (χ2v) is 5.41. The van der Waals surface area contributed by atoms with Crippen LogP contribution < -0.4 is 0 Å². The van der Waals surface area contributed by atoms with Crippen LogP contribution in [-0.4, -0.2) is 44.3 Å². The number of hydrogen-bond donors (Lipinski definition) is 0. The van der Waals surface area contributed by atoms with E-state index in [0.717, 1.165) is 0 Å². The molecule has 0 unspecified atom stereocenters. The molecule has 0 saturated carbocycles. The first-order valence-electron chi connectivity index (χ1n) is 5.04. The molecule has 0 saturated heterocycles. The first-order chi connectivity index (χ1) is 8.87. The second kappa shape index (κ2) is 7.28. The monoisotopic (exact) mass is 332 g/mol. The van der Waals surface area contributed by atoms with Crippen LogP contribution in [0, 0.1) is 0 Å². The number of halogens is 6. The largest absolute Gasteiger partial charge is 0.466 e. The molecule has 0 spiro atoms. The summed E-state index contributed by atoms with van der Waals surface area (Å²) in [4.78, 5) is 11.0. The minimum absolute atomic E-state index is 0.197. The van der Waals surface area contributed by atoms with Crippen LogP contribution in [0.1, 0.15) is 6.92 Å². The van der Waals surface area contributed by atoms with Crippen LogP contribution in [0.2, 0.25) is 0 Å². The van der Waals surface area contributed by atoms with Crippen molar-refractivity contribution in [1.29, 1.82) is 0 Å². The zero-order valence-corrected chi connectivity index (χ0v) is 11.0. The van der Waals surface area contributed by atoms with Crippen LogP contribution in [-0.2, 0) is 23.1 Å². The quantitative estimate of drug-likeness (QED) is 0.408. The van der Waals surface area contributed by atoms with Crippen molar-refractivity contribution in [3.8, 4) is 0 Å². The molecule has 0 fully saturated rings. The maximum absolute atomic E-state index is 11.9. The molecule has 0 rings (SSSR count). The van der Waals surface area contributed by atoms with Gasteiger partial charge < -0.3 is 4.74 Å². The summed E-state index contributed by atoms with van der Waals surface area (Å²) in [5.74, 6) is -1.29. The predicted molar refractivity (Wildman–Crippen MR) is 53.1 cm³/mol. The fourth-order valence-electron chi connectivity index (χ4n) is 0.836. The third-order valence-electron chi connectivity index (χ3n) is 1.48. The van der Waals surface area contributed by atoms with Gasteiger partial charge in [0.1, 0.15) is 6.16 Å². The maximum Gasteiger partial charge on any atom is 0.412 e. The average Bonchev–Trinajstić information content (AvgIpc) is 2.22. The molecule has 0 aliphatic carbocycles. The van der Waals surface area contributed by atoms with E-state index in [-0.39, 0.29) is 6.61 Å². The first kappa shape index (κ1) is 19.2. The molecule has 0 radical (unpaired) electrons. The van der Waals surface area contributed by atoms with E-state index in [4.69, 9.17) is 0 Å². The van der Waals surface area contributed by atoms with Crippen LogP contribution in [0.5, 0.6) is 0 Å². The molecule has 120 valence electrons. The van der Waals surface area contributed by atoms with E-state index in [0.29, 0.717) is 0 Å². The molecule has 12 heteroatoms. The summed E-state index contributed by atoms with van der Waals surface area (Å²) >= 11 is 0. The van der Waals surface area contributed by atoms with Crippen molar-refractivity contribution in [2.45, 2.75) is 19.3 Å². The van der Waals surface area contributed by atoms with Gasteiger partial charge in [-0.3, -0.25) is 18.4 Å². The number of hydrogen-bond acceptors (Lipinski definition) is 5.